The summed E-state index contributed by atoms with van der Waals surface area (Å²) in [5.74, 6) is 0. The molecule has 0 bridgehead atoms. The maximum absolute atomic E-state index is 3.49. The molecule has 0 aliphatic rings. The second-order valence-corrected chi connectivity index (χ2v) is 5.82. The highest BCUT2D eigenvalue weighted by molar-refractivity contribution is 5.46. The molecule has 0 aromatic heterocycles. The van der Waals surface area contributed by atoms with E-state index in [2.05, 4.69) is 85.7 Å². The van der Waals surface area contributed by atoms with Crippen molar-refractivity contribution in [2.24, 2.45) is 0 Å². The number of nitrogens with one attached hydrogen (secondary N) is 1. The molecule has 2 aromatic carbocycles. The van der Waals surface area contributed by atoms with Gasteiger partial charge in [0, 0.05) is 25.3 Å². The molecular formula is C19H26N2. The lowest BCUT2D eigenvalue weighted by Gasteiger charge is -2.21. The van der Waals surface area contributed by atoms with Crippen LogP contribution >= 0.6 is 0 Å². The van der Waals surface area contributed by atoms with Crippen LogP contribution in [0.25, 0.3) is 0 Å². The van der Waals surface area contributed by atoms with E-state index in [1.807, 2.05) is 0 Å². The van der Waals surface area contributed by atoms with Gasteiger partial charge in [-0.05, 0) is 36.2 Å². The highest BCUT2D eigenvalue weighted by Crippen LogP contribution is 2.17. The van der Waals surface area contributed by atoms with Crippen molar-refractivity contribution < 1.29 is 0 Å². The number of benzene rings is 2. The van der Waals surface area contributed by atoms with Gasteiger partial charge in [0.15, 0.2) is 0 Å². The zero-order valence-electron chi connectivity index (χ0n) is 13.3. The maximum Gasteiger partial charge on any atom is 0.0428 e. The number of para-hydroxylation sites is 1. The molecule has 0 fully saturated rings. The van der Waals surface area contributed by atoms with Crippen LogP contribution < -0.4 is 10.2 Å². The van der Waals surface area contributed by atoms with E-state index >= 15 is 0 Å². The van der Waals surface area contributed by atoms with E-state index < -0.39 is 0 Å². The number of rotatable bonds is 7. The molecular weight excluding hydrogens is 256 g/mol. The summed E-state index contributed by atoms with van der Waals surface area (Å²) in [5, 5.41) is 3.49. The van der Waals surface area contributed by atoms with Crippen LogP contribution in [0.2, 0.25) is 0 Å². The molecule has 0 atom stereocenters. The molecule has 2 aromatic rings. The molecule has 0 heterocycles. The number of hydrogen-bond acceptors (Lipinski definition) is 2. The van der Waals surface area contributed by atoms with Gasteiger partial charge in [-0.2, -0.15) is 0 Å². The summed E-state index contributed by atoms with van der Waals surface area (Å²) in [5.41, 5.74) is 4.11. The first-order valence-corrected chi connectivity index (χ1v) is 7.73. The minimum absolute atomic E-state index is 0.546. The second kappa shape index (κ2) is 7.84. The zero-order valence-corrected chi connectivity index (χ0v) is 13.3. The Balaban J connectivity index is 2.02. The summed E-state index contributed by atoms with van der Waals surface area (Å²) in [6, 6.07) is 19.8. The summed E-state index contributed by atoms with van der Waals surface area (Å²) < 4.78 is 0. The average Bonchev–Trinajstić information content (AvgIpc) is 2.49. The Morgan fingerprint density at radius 1 is 0.905 bits per heavy atom. The van der Waals surface area contributed by atoms with Gasteiger partial charge in [0.25, 0.3) is 0 Å². The Hall–Kier alpha value is -1.80. The molecule has 21 heavy (non-hydrogen) atoms. The van der Waals surface area contributed by atoms with E-state index in [0.29, 0.717) is 6.04 Å². The first kappa shape index (κ1) is 15.6. The zero-order chi connectivity index (χ0) is 15.1. The van der Waals surface area contributed by atoms with Crippen molar-refractivity contribution in [2.75, 3.05) is 18.5 Å². The fourth-order valence-corrected chi connectivity index (χ4v) is 2.48. The molecule has 112 valence electrons. The summed E-state index contributed by atoms with van der Waals surface area (Å²) >= 11 is 0. The van der Waals surface area contributed by atoms with Gasteiger partial charge in [-0.15, -0.1) is 0 Å². The van der Waals surface area contributed by atoms with Crippen LogP contribution in [0.5, 0.6) is 0 Å². The lowest BCUT2D eigenvalue weighted by atomic mass is 10.0. The van der Waals surface area contributed by atoms with Crippen molar-refractivity contribution in [2.45, 2.75) is 32.9 Å². The predicted molar refractivity (Wildman–Crippen MR) is 91.8 cm³/mol. The van der Waals surface area contributed by atoms with Crippen LogP contribution in [-0.4, -0.2) is 19.6 Å². The molecule has 0 radical (unpaired) electrons. The van der Waals surface area contributed by atoms with E-state index in [4.69, 9.17) is 0 Å². The fraction of sp³-hybridized carbons (Fsp3) is 0.368. The summed E-state index contributed by atoms with van der Waals surface area (Å²) in [6.07, 6.45) is 1.08. The van der Waals surface area contributed by atoms with Gasteiger partial charge in [0.2, 0.25) is 0 Å². The topological polar surface area (TPSA) is 15.3 Å². The average molecular weight is 282 g/mol. The van der Waals surface area contributed by atoms with Crippen LogP contribution in [0.3, 0.4) is 0 Å². The van der Waals surface area contributed by atoms with Gasteiger partial charge >= 0.3 is 0 Å². The van der Waals surface area contributed by atoms with Crippen molar-refractivity contribution >= 4 is 5.69 Å². The quantitative estimate of drug-likeness (QED) is 0.829. The van der Waals surface area contributed by atoms with Gasteiger partial charge in [-0.25, -0.2) is 0 Å². The first-order chi connectivity index (χ1) is 10.2. The van der Waals surface area contributed by atoms with Crippen LogP contribution in [0.15, 0.2) is 54.6 Å². The third kappa shape index (κ3) is 4.91. The normalized spacial score (nSPS) is 10.9. The molecule has 0 aliphatic carbocycles. The minimum atomic E-state index is 0.546. The Labute approximate surface area is 128 Å². The van der Waals surface area contributed by atoms with Crippen molar-refractivity contribution in [3.8, 4) is 0 Å². The van der Waals surface area contributed by atoms with E-state index in [1.165, 1.54) is 16.8 Å². The Morgan fingerprint density at radius 3 is 2.19 bits per heavy atom. The van der Waals surface area contributed by atoms with Crippen molar-refractivity contribution in [3.63, 3.8) is 0 Å². The molecule has 0 amide bonds. The highest BCUT2D eigenvalue weighted by Gasteiger charge is 2.06. The third-order valence-electron chi connectivity index (χ3n) is 3.67. The Kier molecular flexibility index (Phi) is 5.82. The Morgan fingerprint density at radius 2 is 1.52 bits per heavy atom. The molecule has 0 spiro atoms. The van der Waals surface area contributed by atoms with Gasteiger partial charge < -0.3 is 10.2 Å². The second-order valence-electron chi connectivity index (χ2n) is 5.82. The van der Waals surface area contributed by atoms with Gasteiger partial charge in [0.1, 0.15) is 0 Å². The van der Waals surface area contributed by atoms with E-state index in [9.17, 15) is 0 Å². The SMILES string of the molecule is CC(C)NCCc1ccccc1CN(C)c1ccccc1. The summed E-state index contributed by atoms with van der Waals surface area (Å²) in [7, 11) is 2.15. The molecule has 1 N–H and O–H groups in total. The molecule has 2 rings (SSSR count). The van der Waals surface area contributed by atoms with Crippen molar-refractivity contribution in [3.05, 3.63) is 65.7 Å². The Bertz CT molecular complexity index is 534. The molecule has 0 unspecified atom stereocenters. The van der Waals surface area contributed by atoms with Crippen LogP contribution in [0, 0.1) is 0 Å². The largest absolute Gasteiger partial charge is 0.370 e. The summed E-state index contributed by atoms with van der Waals surface area (Å²) in [4.78, 5) is 2.30. The van der Waals surface area contributed by atoms with E-state index in [0.717, 1.165) is 19.5 Å². The molecule has 0 aliphatic heterocycles. The maximum atomic E-state index is 3.49. The first-order valence-electron chi connectivity index (χ1n) is 7.73. The molecule has 0 saturated carbocycles. The molecule has 0 saturated heterocycles. The molecule has 2 nitrogen and oxygen atoms in total. The van der Waals surface area contributed by atoms with Gasteiger partial charge in [0.05, 0.1) is 0 Å². The van der Waals surface area contributed by atoms with Crippen LogP contribution in [-0.2, 0) is 13.0 Å². The minimum Gasteiger partial charge on any atom is -0.370 e. The van der Waals surface area contributed by atoms with E-state index in [1.54, 1.807) is 0 Å². The fourth-order valence-electron chi connectivity index (χ4n) is 2.48. The smallest absolute Gasteiger partial charge is 0.0428 e. The standard InChI is InChI=1S/C19H26N2/c1-16(2)20-14-13-17-9-7-8-10-18(17)15-21(3)19-11-5-4-6-12-19/h4-12,16,20H,13-15H2,1-3H3. The lowest BCUT2D eigenvalue weighted by molar-refractivity contribution is 0.589. The number of hydrogen-bond donors (Lipinski definition) is 1. The van der Waals surface area contributed by atoms with Crippen molar-refractivity contribution in [1.82, 2.24) is 5.32 Å². The monoisotopic (exact) mass is 282 g/mol. The van der Waals surface area contributed by atoms with E-state index in [-0.39, 0.29) is 0 Å². The van der Waals surface area contributed by atoms with Crippen LogP contribution in [0.1, 0.15) is 25.0 Å². The summed E-state index contributed by atoms with van der Waals surface area (Å²) in [6.45, 7) is 6.36. The highest BCUT2D eigenvalue weighted by atomic mass is 15.1. The number of nitrogens with zero attached hydrogens (tertiary/aromatic N) is 1. The van der Waals surface area contributed by atoms with Gasteiger partial charge in [-0.1, -0.05) is 56.3 Å². The predicted octanol–water partition coefficient (Wildman–Crippen LogP) is 3.86. The van der Waals surface area contributed by atoms with Crippen molar-refractivity contribution in [1.29, 1.82) is 0 Å². The van der Waals surface area contributed by atoms with Gasteiger partial charge in [-0.3, -0.25) is 0 Å². The lowest BCUT2D eigenvalue weighted by Crippen LogP contribution is -2.25. The third-order valence-corrected chi connectivity index (χ3v) is 3.67. The van der Waals surface area contributed by atoms with Crippen LogP contribution in [0.4, 0.5) is 5.69 Å². The number of anilines is 1. The molecule has 2 heteroatoms.